The maximum Gasteiger partial charge on any atom is 0.226 e. The van der Waals surface area contributed by atoms with E-state index in [1.165, 1.54) is 12.1 Å². The van der Waals surface area contributed by atoms with Crippen LogP contribution in [0.1, 0.15) is 31.1 Å². The number of hydrogen-bond donors (Lipinski definition) is 1. The van der Waals surface area contributed by atoms with E-state index < -0.39 is 5.54 Å². The van der Waals surface area contributed by atoms with Crippen LogP contribution in [0.5, 0.6) is 0 Å². The van der Waals surface area contributed by atoms with Gasteiger partial charge in [-0.25, -0.2) is 4.39 Å². The van der Waals surface area contributed by atoms with Crippen LogP contribution in [0.4, 0.5) is 4.39 Å². The predicted molar refractivity (Wildman–Crippen MR) is 65.3 cm³/mol. The molecular weight excluding hydrogens is 233 g/mol. The van der Waals surface area contributed by atoms with Gasteiger partial charge in [0.25, 0.3) is 0 Å². The van der Waals surface area contributed by atoms with Crippen LogP contribution in [0.15, 0.2) is 28.8 Å². The molecule has 18 heavy (non-hydrogen) atoms. The summed E-state index contributed by atoms with van der Waals surface area (Å²) in [6.07, 6.45) is 1.20. The summed E-state index contributed by atoms with van der Waals surface area (Å²) in [6, 6.07) is 6.25. The maximum absolute atomic E-state index is 12.8. The highest BCUT2D eigenvalue weighted by Gasteiger charge is 2.27. The number of aryl methyl sites for hydroxylation is 1. The van der Waals surface area contributed by atoms with Gasteiger partial charge in [-0.1, -0.05) is 24.2 Å². The summed E-state index contributed by atoms with van der Waals surface area (Å²) in [6.45, 7) is 3.77. The van der Waals surface area contributed by atoms with Gasteiger partial charge in [-0.05, 0) is 31.0 Å². The van der Waals surface area contributed by atoms with Gasteiger partial charge in [-0.15, -0.1) is 0 Å². The molecule has 0 spiro atoms. The van der Waals surface area contributed by atoms with Gasteiger partial charge in [0.2, 0.25) is 5.89 Å². The second-order valence-corrected chi connectivity index (χ2v) is 4.59. The molecule has 2 N–H and O–H groups in total. The zero-order chi connectivity index (χ0) is 13.2. The number of nitrogens with zero attached hydrogens (tertiary/aromatic N) is 2. The summed E-state index contributed by atoms with van der Waals surface area (Å²) in [4.78, 5) is 4.24. The molecule has 0 bridgehead atoms. The van der Waals surface area contributed by atoms with Gasteiger partial charge in [0.1, 0.15) is 5.82 Å². The van der Waals surface area contributed by atoms with Crippen LogP contribution in [0.2, 0.25) is 0 Å². The second kappa shape index (κ2) is 4.86. The van der Waals surface area contributed by atoms with E-state index in [1.807, 2.05) is 13.8 Å². The van der Waals surface area contributed by atoms with Crippen molar-refractivity contribution >= 4 is 0 Å². The number of aromatic nitrogens is 2. The van der Waals surface area contributed by atoms with E-state index in [0.717, 1.165) is 5.56 Å². The molecular formula is C13H16FN3O. The summed E-state index contributed by atoms with van der Waals surface area (Å²) in [5, 5.41) is 3.89. The quantitative estimate of drug-likeness (QED) is 0.902. The second-order valence-electron chi connectivity index (χ2n) is 4.59. The third-order valence-electron chi connectivity index (χ3n) is 2.77. The van der Waals surface area contributed by atoms with Crippen LogP contribution in [0.3, 0.4) is 0 Å². The van der Waals surface area contributed by atoms with E-state index in [-0.39, 0.29) is 5.82 Å². The molecule has 1 heterocycles. The fourth-order valence-electron chi connectivity index (χ4n) is 1.74. The topological polar surface area (TPSA) is 64.9 Å². The highest BCUT2D eigenvalue weighted by molar-refractivity contribution is 5.20. The van der Waals surface area contributed by atoms with E-state index in [9.17, 15) is 4.39 Å². The Labute approximate surface area is 105 Å². The van der Waals surface area contributed by atoms with Crippen molar-refractivity contribution in [3.05, 3.63) is 47.4 Å². The molecule has 0 aliphatic rings. The van der Waals surface area contributed by atoms with Crippen LogP contribution in [-0.2, 0) is 18.4 Å². The maximum atomic E-state index is 12.8. The molecule has 5 heteroatoms. The lowest BCUT2D eigenvalue weighted by molar-refractivity contribution is 0.356. The van der Waals surface area contributed by atoms with Crippen molar-refractivity contribution in [1.29, 1.82) is 0 Å². The largest absolute Gasteiger partial charge is 0.339 e. The average molecular weight is 249 g/mol. The van der Waals surface area contributed by atoms with Crippen molar-refractivity contribution in [3.63, 3.8) is 0 Å². The number of halogens is 1. The highest BCUT2D eigenvalue weighted by atomic mass is 19.1. The van der Waals surface area contributed by atoms with Crippen molar-refractivity contribution in [2.45, 2.75) is 32.2 Å². The van der Waals surface area contributed by atoms with Crippen molar-refractivity contribution in [3.8, 4) is 0 Å². The standard InChI is InChI=1S/C13H16FN3O/c1-3-11-16-12(17-18-11)13(2,15)8-9-4-6-10(14)7-5-9/h4-7H,3,8,15H2,1-2H3. The van der Waals surface area contributed by atoms with E-state index in [2.05, 4.69) is 10.1 Å². The molecule has 0 aliphatic heterocycles. The minimum Gasteiger partial charge on any atom is -0.339 e. The van der Waals surface area contributed by atoms with Crippen LogP contribution in [-0.4, -0.2) is 10.1 Å². The third kappa shape index (κ3) is 2.73. The summed E-state index contributed by atoms with van der Waals surface area (Å²) >= 11 is 0. The molecule has 1 aromatic carbocycles. The summed E-state index contributed by atoms with van der Waals surface area (Å²) < 4.78 is 17.9. The van der Waals surface area contributed by atoms with Crippen molar-refractivity contribution < 1.29 is 8.91 Å². The molecule has 0 saturated carbocycles. The van der Waals surface area contributed by atoms with Gasteiger partial charge in [-0.2, -0.15) is 4.98 Å². The molecule has 0 fully saturated rings. The van der Waals surface area contributed by atoms with E-state index >= 15 is 0 Å². The first-order valence-electron chi connectivity index (χ1n) is 5.87. The Bertz CT molecular complexity index is 519. The summed E-state index contributed by atoms with van der Waals surface area (Å²) in [5.41, 5.74) is 6.40. The Morgan fingerprint density at radius 1 is 1.33 bits per heavy atom. The van der Waals surface area contributed by atoms with Crippen molar-refractivity contribution in [1.82, 2.24) is 10.1 Å². The van der Waals surface area contributed by atoms with Crippen LogP contribution < -0.4 is 5.73 Å². The lowest BCUT2D eigenvalue weighted by Gasteiger charge is -2.20. The zero-order valence-electron chi connectivity index (χ0n) is 10.5. The van der Waals surface area contributed by atoms with E-state index in [1.54, 1.807) is 12.1 Å². The van der Waals surface area contributed by atoms with E-state index in [4.69, 9.17) is 10.3 Å². The average Bonchev–Trinajstić information content (AvgIpc) is 2.81. The molecule has 2 rings (SSSR count). The molecule has 0 saturated heterocycles. The lowest BCUT2D eigenvalue weighted by Crippen LogP contribution is -2.36. The Morgan fingerprint density at radius 3 is 2.56 bits per heavy atom. The summed E-state index contributed by atoms with van der Waals surface area (Å²) in [5.74, 6) is 0.787. The predicted octanol–water partition coefficient (Wildman–Crippen LogP) is 2.19. The number of nitrogens with two attached hydrogens (primary N) is 1. The fourth-order valence-corrected chi connectivity index (χ4v) is 1.74. The molecule has 4 nitrogen and oxygen atoms in total. The first-order valence-corrected chi connectivity index (χ1v) is 5.87. The van der Waals surface area contributed by atoms with Gasteiger partial charge in [0.05, 0.1) is 5.54 Å². The first kappa shape index (κ1) is 12.7. The minimum atomic E-state index is -0.727. The van der Waals surface area contributed by atoms with Gasteiger partial charge < -0.3 is 10.3 Å². The monoisotopic (exact) mass is 249 g/mol. The molecule has 0 aliphatic carbocycles. The normalized spacial score (nSPS) is 14.4. The number of hydrogen-bond acceptors (Lipinski definition) is 4. The number of benzene rings is 1. The van der Waals surface area contributed by atoms with Gasteiger partial charge in [-0.3, -0.25) is 0 Å². The minimum absolute atomic E-state index is 0.259. The SMILES string of the molecule is CCc1nc(C(C)(N)Cc2ccc(F)cc2)no1. The van der Waals surface area contributed by atoms with Gasteiger partial charge in [0.15, 0.2) is 5.82 Å². The van der Waals surface area contributed by atoms with Crippen LogP contribution in [0.25, 0.3) is 0 Å². The first-order chi connectivity index (χ1) is 8.51. The Kier molecular flexibility index (Phi) is 3.43. The molecule has 1 unspecified atom stereocenters. The van der Waals surface area contributed by atoms with Crippen LogP contribution >= 0.6 is 0 Å². The van der Waals surface area contributed by atoms with Crippen molar-refractivity contribution in [2.24, 2.45) is 5.73 Å². The number of rotatable bonds is 4. The van der Waals surface area contributed by atoms with Gasteiger partial charge >= 0.3 is 0 Å². The smallest absolute Gasteiger partial charge is 0.226 e. The van der Waals surface area contributed by atoms with Gasteiger partial charge in [0, 0.05) is 6.42 Å². The molecule has 96 valence electrons. The van der Waals surface area contributed by atoms with Crippen LogP contribution in [0, 0.1) is 5.82 Å². The fraction of sp³-hybridized carbons (Fsp3) is 0.385. The molecule has 0 amide bonds. The molecule has 1 atom stereocenters. The summed E-state index contributed by atoms with van der Waals surface area (Å²) in [7, 11) is 0. The van der Waals surface area contributed by atoms with Crippen molar-refractivity contribution in [2.75, 3.05) is 0 Å². The Morgan fingerprint density at radius 2 is 2.00 bits per heavy atom. The Hall–Kier alpha value is -1.75. The lowest BCUT2D eigenvalue weighted by atomic mass is 9.93. The van der Waals surface area contributed by atoms with E-state index in [0.29, 0.717) is 24.6 Å². The molecule has 1 aromatic heterocycles. The molecule has 2 aromatic rings. The molecule has 0 radical (unpaired) electrons. The highest BCUT2D eigenvalue weighted by Crippen LogP contribution is 2.20. The zero-order valence-corrected chi connectivity index (χ0v) is 10.5. The third-order valence-corrected chi connectivity index (χ3v) is 2.77. The Balaban J connectivity index is 2.18.